The Labute approximate surface area is 106 Å². The second kappa shape index (κ2) is 6.97. The van der Waals surface area contributed by atoms with Crippen LogP contribution in [0.15, 0.2) is 24.3 Å². The number of esters is 1. The van der Waals surface area contributed by atoms with Gasteiger partial charge in [0.2, 0.25) is 0 Å². The molecule has 0 aliphatic rings. The molecule has 1 N–H and O–H groups in total. The molecule has 92 valence electrons. The number of hydrogen-bond donors (Lipinski definition) is 1. The van der Waals surface area contributed by atoms with E-state index in [4.69, 9.17) is 16.3 Å². The molecule has 0 amide bonds. The number of ether oxygens (including phenoxy) is 1. The molecule has 1 aromatic rings. The largest absolute Gasteiger partial charge is 0.506 e. The first kappa shape index (κ1) is 13.6. The maximum Gasteiger partial charge on any atom is 0.330 e. The smallest absolute Gasteiger partial charge is 0.330 e. The highest BCUT2D eigenvalue weighted by Gasteiger charge is 1.99. The molecule has 1 rings (SSSR count). The summed E-state index contributed by atoms with van der Waals surface area (Å²) in [7, 11) is 0. The Balaban J connectivity index is 2.52. The Morgan fingerprint density at radius 1 is 1.53 bits per heavy atom. The van der Waals surface area contributed by atoms with Gasteiger partial charge in [0.1, 0.15) is 5.75 Å². The van der Waals surface area contributed by atoms with Crippen molar-refractivity contribution in [2.24, 2.45) is 0 Å². The minimum absolute atomic E-state index is 0.0225. The molecule has 3 nitrogen and oxygen atoms in total. The summed E-state index contributed by atoms with van der Waals surface area (Å²) in [5.74, 6) is -0.350. The van der Waals surface area contributed by atoms with Crippen molar-refractivity contribution in [1.82, 2.24) is 0 Å². The number of phenolic OH excluding ortho intramolecular Hbond substituents is 1. The number of hydrogen-bond acceptors (Lipinski definition) is 3. The number of aromatic hydroxyl groups is 1. The van der Waals surface area contributed by atoms with Crippen LogP contribution in [-0.2, 0) is 9.53 Å². The molecule has 1 aromatic carbocycles. The lowest BCUT2D eigenvalue weighted by Crippen LogP contribution is -2.01. The Kier molecular flexibility index (Phi) is 5.57. The van der Waals surface area contributed by atoms with Crippen LogP contribution in [0.3, 0.4) is 0 Å². The average molecular weight is 255 g/mol. The molecular formula is C13H15ClO3. The van der Waals surface area contributed by atoms with E-state index in [1.54, 1.807) is 18.2 Å². The van der Waals surface area contributed by atoms with Crippen LogP contribution in [0.1, 0.15) is 25.3 Å². The van der Waals surface area contributed by atoms with Gasteiger partial charge in [-0.2, -0.15) is 0 Å². The third-order valence-corrected chi connectivity index (χ3v) is 2.43. The molecular weight excluding hydrogens is 240 g/mol. The minimum atomic E-state index is -0.373. The zero-order chi connectivity index (χ0) is 12.7. The molecule has 0 fully saturated rings. The van der Waals surface area contributed by atoms with Crippen molar-refractivity contribution in [2.45, 2.75) is 19.8 Å². The predicted molar refractivity (Wildman–Crippen MR) is 68.0 cm³/mol. The van der Waals surface area contributed by atoms with Crippen molar-refractivity contribution in [3.05, 3.63) is 34.9 Å². The Hall–Kier alpha value is -1.48. The second-order valence-electron chi connectivity index (χ2n) is 3.57. The fraction of sp³-hybridized carbons (Fsp3) is 0.308. The van der Waals surface area contributed by atoms with Crippen molar-refractivity contribution in [1.29, 1.82) is 0 Å². The number of halogens is 1. The lowest BCUT2D eigenvalue weighted by Gasteiger charge is -2.00. The average Bonchev–Trinajstić information content (AvgIpc) is 2.31. The van der Waals surface area contributed by atoms with Crippen molar-refractivity contribution in [3.63, 3.8) is 0 Å². The number of carbonyl (C=O) groups is 1. The summed E-state index contributed by atoms with van der Waals surface area (Å²) in [6.07, 6.45) is 4.80. The van der Waals surface area contributed by atoms with E-state index in [2.05, 4.69) is 0 Å². The number of phenols is 1. The highest BCUT2D eigenvalue weighted by atomic mass is 35.5. The van der Waals surface area contributed by atoms with Crippen molar-refractivity contribution >= 4 is 23.6 Å². The third-order valence-electron chi connectivity index (χ3n) is 2.13. The van der Waals surface area contributed by atoms with Gasteiger partial charge in [-0.05, 0) is 30.2 Å². The summed E-state index contributed by atoms with van der Waals surface area (Å²) in [6.45, 7) is 2.47. The van der Waals surface area contributed by atoms with E-state index >= 15 is 0 Å². The number of benzene rings is 1. The van der Waals surface area contributed by atoms with Gasteiger partial charge in [-0.3, -0.25) is 0 Å². The van der Waals surface area contributed by atoms with Gasteiger partial charge in [-0.15, -0.1) is 0 Å². The molecule has 0 heterocycles. The molecule has 0 saturated carbocycles. The molecule has 0 aliphatic carbocycles. The lowest BCUT2D eigenvalue weighted by atomic mass is 10.2. The van der Waals surface area contributed by atoms with E-state index in [-0.39, 0.29) is 16.7 Å². The second-order valence-corrected chi connectivity index (χ2v) is 3.97. The monoisotopic (exact) mass is 254 g/mol. The first-order chi connectivity index (χ1) is 8.13. The Bertz CT molecular complexity index is 413. The lowest BCUT2D eigenvalue weighted by molar-refractivity contribution is -0.137. The first-order valence-corrected chi connectivity index (χ1v) is 5.84. The van der Waals surface area contributed by atoms with Gasteiger partial charge in [0.15, 0.2) is 0 Å². The molecule has 0 spiro atoms. The molecule has 0 unspecified atom stereocenters. The van der Waals surface area contributed by atoms with Gasteiger partial charge in [0, 0.05) is 6.08 Å². The van der Waals surface area contributed by atoms with Crippen molar-refractivity contribution in [3.8, 4) is 5.75 Å². The normalized spacial score (nSPS) is 10.7. The Morgan fingerprint density at radius 3 is 2.94 bits per heavy atom. The van der Waals surface area contributed by atoms with Gasteiger partial charge >= 0.3 is 5.97 Å². The van der Waals surface area contributed by atoms with Gasteiger partial charge in [-0.25, -0.2) is 4.79 Å². The van der Waals surface area contributed by atoms with E-state index in [1.807, 2.05) is 6.92 Å². The highest BCUT2D eigenvalue weighted by Crippen LogP contribution is 2.24. The van der Waals surface area contributed by atoms with E-state index < -0.39 is 0 Å². The van der Waals surface area contributed by atoms with Crippen LogP contribution in [0.2, 0.25) is 5.02 Å². The van der Waals surface area contributed by atoms with E-state index in [1.165, 1.54) is 12.1 Å². The summed E-state index contributed by atoms with van der Waals surface area (Å²) < 4.78 is 4.95. The van der Waals surface area contributed by atoms with E-state index in [0.717, 1.165) is 18.4 Å². The molecule has 0 bridgehead atoms. The van der Waals surface area contributed by atoms with Gasteiger partial charge in [0.25, 0.3) is 0 Å². The maximum atomic E-state index is 11.3. The zero-order valence-corrected chi connectivity index (χ0v) is 10.4. The van der Waals surface area contributed by atoms with E-state index in [0.29, 0.717) is 6.61 Å². The molecule has 0 saturated heterocycles. The molecule has 0 radical (unpaired) electrons. The molecule has 0 aliphatic heterocycles. The van der Waals surface area contributed by atoms with Gasteiger partial charge < -0.3 is 9.84 Å². The van der Waals surface area contributed by atoms with Crippen LogP contribution >= 0.6 is 11.6 Å². The predicted octanol–water partition coefficient (Wildman–Crippen LogP) is 3.40. The molecule has 0 atom stereocenters. The summed E-state index contributed by atoms with van der Waals surface area (Å²) in [5.41, 5.74) is 0.736. The SMILES string of the molecule is CCCCOC(=O)C=Cc1ccc(O)c(Cl)c1. The van der Waals surface area contributed by atoms with Crippen LogP contribution in [0.4, 0.5) is 0 Å². The van der Waals surface area contributed by atoms with Crippen LogP contribution < -0.4 is 0 Å². The fourth-order valence-electron chi connectivity index (χ4n) is 1.16. The number of rotatable bonds is 5. The number of carbonyl (C=O) groups excluding carboxylic acids is 1. The van der Waals surface area contributed by atoms with Crippen molar-refractivity contribution < 1.29 is 14.6 Å². The fourth-order valence-corrected chi connectivity index (χ4v) is 1.35. The summed E-state index contributed by atoms with van der Waals surface area (Å²) >= 11 is 5.73. The summed E-state index contributed by atoms with van der Waals surface area (Å²) in [4.78, 5) is 11.3. The first-order valence-electron chi connectivity index (χ1n) is 5.47. The van der Waals surface area contributed by atoms with Crippen molar-refractivity contribution in [2.75, 3.05) is 6.61 Å². The van der Waals surface area contributed by atoms with E-state index in [9.17, 15) is 9.90 Å². The van der Waals surface area contributed by atoms with Crippen LogP contribution in [0, 0.1) is 0 Å². The third kappa shape index (κ3) is 4.91. The summed E-state index contributed by atoms with van der Waals surface area (Å²) in [6, 6.07) is 4.72. The van der Waals surface area contributed by atoms with Gasteiger partial charge in [0.05, 0.1) is 11.6 Å². The van der Waals surface area contributed by atoms with Crippen LogP contribution in [0.25, 0.3) is 6.08 Å². The Morgan fingerprint density at radius 2 is 2.29 bits per heavy atom. The minimum Gasteiger partial charge on any atom is -0.506 e. The zero-order valence-electron chi connectivity index (χ0n) is 9.65. The summed E-state index contributed by atoms with van der Waals surface area (Å²) in [5, 5.41) is 9.47. The van der Waals surface area contributed by atoms with Crippen LogP contribution in [-0.4, -0.2) is 17.7 Å². The quantitative estimate of drug-likeness (QED) is 0.498. The molecule has 4 heteroatoms. The standard InChI is InChI=1S/C13H15ClO3/c1-2-3-8-17-13(16)7-5-10-4-6-12(15)11(14)9-10/h4-7,9,15H,2-3,8H2,1H3. The van der Waals surface area contributed by atoms with Crippen LogP contribution in [0.5, 0.6) is 5.75 Å². The molecule has 17 heavy (non-hydrogen) atoms. The number of unbranched alkanes of at least 4 members (excludes halogenated alkanes) is 1. The molecule has 0 aromatic heterocycles. The maximum absolute atomic E-state index is 11.3. The van der Waals surface area contributed by atoms with Gasteiger partial charge in [-0.1, -0.05) is 31.0 Å². The topological polar surface area (TPSA) is 46.5 Å². The highest BCUT2D eigenvalue weighted by molar-refractivity contribution is 6.32.